The third-order valence-electron chi connectivity index (χ3n) is 3.06. The number of thiazole rings is 1. The van der Waals surface area contributed by atoms with Crippen LogP contribution in [0.3, 0.4) is 0 Å². The fraction of sp³-hybridized carbons (Fsp3) is 0.250. The second kappa shape index (κ2) is 3.07. The van der Waals surface area contributed by atoms with Crippen LogP contribution in [0.2, 0.25) is 0 Å². The van der Waals surface area contributed by atoms with Crippen LogP contribution in [0.4, 0.5) is 5.69 Å². The number of rotatable bonds is 0. The van der Waals surface area contributed by atoms with E-state index in [1.54, 1.807) is 11.3 Å². The molecule has 76 valence electrons. The molecule has 0 fully saturated rings. The molecule has 0 spiro atoms. The highest BCUT2D eigenvalue weighted by molar-refractivity contribution is 7.10. The van der Waals surface area contributed by atoms with Crippen LogP contribution in [0.15, 0.2) is 17.6 Å². The van der Waals surface area contributed by atoms with Gasteiger partial charge >= 0.3 is 0 Å². The van der Waals surface area contributed by atoms with Crippen molar-refractivity contribution in [3.8, 4) is 11.3 Å². The average molecular weight is 216 g/mol. The number of aromatic nitrogens is 1. The molecular weight excluding hydrogens is 204 g/mol. The van der Waals surface area contributed by atoms with Gasteiger partial charge in [0.1, 0.15) is 0 Å². The molecule has 15 heavy (non-hydrogen) atoms. The first-order valence-electron chi connectivity index (χ1n) is 5.04. The summed E-state index contributed by atoms with van der Waals surface area (Å²) in [6.45, 7) is 5.23. The van der Waals surface area contributed by atoms with Crippen LogP contribution in [0, 0.1) is 13.8 Å². The molecule has 2 aromatic rings. The van der Waals surface area contributed by atoms with Crippen LogP contribution in [0.1, 0.15) is 16.0 Å². The maximum atomic E-state index is 4.45. The molecule has 1 aromatic heterocycles. The summed E-state index contributed by atoms with van der Waals surface area (Å²) >= 11 is 1.73. The largest absolute Gasteiger partial charge is 0.379 e. The summed E-state index contributed by atoms with van der Waals surface area (Å²) in [7, 11) is 0. The molecule has 1 aliphatic rings. The molecule has 1 aliphatic heterocycles. The SMILES string of the molecule is Cc1ccc2c(c1C)NCc1scnc1-2. The predicted octanol–water partition coefficient (Wildman–Crippen LogP) is 3.35. The Morgan fingerprint density at radius 3 is 3.07 bits per heavy atom. The molecule has 2 heterocycles. The highest BCUT2D eigenvalue weighted by Gasteiger charge is 2.19. The van der Waals surface area contributed by atoms with Gasteiger partial charge < -0.3 is 5.32 Å². The Labute approximate surface area is 93.0 Å². The van der Waals surface area contributed by atoms with E-state index in [-0.39, 0.29) is 0 Å². The molecule has 0 unspecified atom stereocenters. The number of nitrogens with one attached hydrogen (secondary N) is 1. The number of hydrogen-bond donors (Lipinski definition) is 1. The Kier molecular flexibility index (Phi) is 1.83. The smallest absolute Gasteiger partial charge is 0.0882 e. The number of hydrogen-bond acceptors (Lipinski definition) is 3. The normalized spacial score (nSPS) is 12.9. The molecule has 1 aromatic carbocycles. The van der Waals surface area contributed by atoms with Crippen LogP contribution >= 0.6 is 11.3 Å². The molecule has 3 rings (SSSR count). The van der Waals surface area contributed by atoms with E-state index in [0.717, 1.165) is 12.2 Å². The Hall–Kier alpha value is -1.35. The molecule has 0 radical (unpaired) electrons. The van der Waals surface area contributed by atoms with Crippen molar-refractivity contribution in [2.75, 3.05) is 5.32 Å². The first-order valence-corrected chi connectivity index (χ1v) is 5.92. The van der Waals surface area contributed by atoms with Crippen molar-refractivity contribution < 1.29 is 0 Å². The monoisotopic (exact) mass is 216 g/mol. The van der Waals surface area contributed by atoms with Gasteiger partial charge in [0.15, 0.2) is 0 Å². The van der Waals surface area contributed by atoms with Crippen molar-refractivity contribution >= 4 is 17.0 Å². The van der Waals surface area contributed by atoms with E-state index in [1.165, 1.54) is 27.3 Å². The number of anilines is 1. The third-order valence-corrected chi connectivity index (χ3v) is 3.89. The zero-order valence-corrected chi connectivity index (χ0v) is 9.61. The Morgan fingerprint density at radius 1 is 1.33 bits per heavy atom. The lowest BCUT2D eigenvalue weighted by molar-refractivity contribution is 1.13. The van der Waals surface area contributed by atoms with Crippen LogP contribution in [0.25, 0.3) is 11.3 Å². The summed E-state index contributed by atoms with van der Waals surface area (Å²) in [4.78, 5) is 5.79. The Bertz CT molecular complexity index is 528. The number of nitrogens with zero attached hydrogens (tertiary/aromatic N) is 1. The quantitative estimate of drug-likeness (QED) is 0.730. The lowest BCUT2D eigenvalue weighted by Gasteiger charge is -2.20. The fourth-order valence-electron chi connectivity index (χ4n) is 2.03. The summed E-state index contributed by atoms with van der Waals surface area (Å²) in [5.74, 6) is 0. The van der Waals surface area contributed by atoms with E-state index in [9.17, 15) is 0 Å². The van der Waals surface area contributed by atoms with Crippen molar-refractivity contribution in [1.29, 1.82) is 0 Å². The van der Waals surface area contributed by atoms with Gasteiger partial charge in [-0.1, -0.05) is 12.1 Å². The van der Waals surface area contributed by atoms with Crippen LogP contribution in [0.5, 0.6) is 0 Å². The lowest BCUT2D eigenvalue weighted by Crippen LogP contribution is -2.08. The fourth-order valence-corrected chi connectivity index (χ4v) is 2.74. The van der Waals surface area contributed by atoms with Gasteiger partial charge in [0.25, 0.3) is 0 Å². The lowest BCUT2D eigenvalue weighted by atomic mass is 9.98. The summed E-state index contributed by atoms with van der Waals surface area (Å²) < 4.78 is 0. The molecule has 0 bridgehead atoms. The summed E-state index contributed by atoms with van der Waals surface area (Å²) in [6, 6.07) is 4.34. The van der Waals surface area contributed by atoms with Crippen molar-refractivity contribution in [1.82, 2.24) is 4.98 Å². The van der Waals surface area contributed by atoms with E-state index < -0.39 is 0 Å². The topological polar surface area (TPSA) is 24.9 Å². The molecular formula is C12H12N2S. The maximum absolute atomic E-state index is 4.45. The standard InChI is InChI=1S/C12H12N2S/c1-7-3-4-9-11(8(7)2)13-5-10-12(9)14-6-15-10/h3-4,6,13H,5H2,1-2H3. The second-order valence-electron chi connectivity index (χ2n) is 3.91. The highest BCUT2D eigenvalue weighted by Crippen LogP contribution is 2.38. The van der Waals surface area contributed by atoms with Crippen LogP contribution < -0.4 is 5.32 Å². The first kappa shape index (κ1) is 8.92. The highest BCUT2D eigenvalue weighted by atomic mass is 32.1. The zero-order valence-electron chi connectivity index (χ0n) is 8.79. The second-order valence-corrected chi connectivity index (χ2v) is 4.85. The van der Waals surface area contributed by atoms with E-state index in [1.807, 2.05) is 5.51 Å². The van der Waals surface area contributed by atoms with Gasteiger partial charge in [0.2, 0.25) is 0 Å². The van der Waals surface area contributed by atoms with Gasteiger partial charge in [-0.25, -0.2) is 4.98 Å². The van der Waals surface area contributed by atoms with Crippen molar-refractivity contribution in [2.45, 2.75) is 20.4 Å². The van der Waals surface area contributed by atoms with Gasteiger partial charge in [0.05, 0.1) is 22.6 Å². The van der Waals surface area contributed by atoms with Crippen molar-refractivity contribution in [2.24, 2.45) is 0 Å². The van der Waals surface area contributed by atoms with Crippen molar-refractivity contribution in [3.05, 3.63) is 33.6 Å². The molecule has 0 atom stereocenters. The number of aryl methyl sites for hydroxylation is 1. The Morgan fingerprint density at radius 2 is 2.20 bits per heavy atom. The molecule has 0 saturated heterocycles. The Balaban J connectivity index is 2.31. The minimum Gasteiger partial charge on any atom is -0.379 e. The van der Waals surface area contributed by atoms with Gasteiger partial charge in [0, 0.05) is 11.3 Å². The summed E-state index contributed by atoms with van der Waals surface area (Å²) in [6.07, 6.45) is 0. The summed E-state index contributed by atoms with van der Waals surface area (Å²) in [5.41, 5.74) is 8.27. The average Bonchev–Trinajstić information content (AvgIpc) is 2.71. The molecule has 0 saturated carbocycles. The van der Waals surface area contributed by atoms with Gasteiger partial charge in [-0.2, -0.15) is 0 Å². The molecule has 0 aliphatic carbocycles. The molecule has 0 amide bonds. The van der Waals surface area contributed by atoms with Gasteiger partial charge in [-0.05, 0) is 25.0 Å². The third kappa shape index (κ3) is 1.20. The van der Waals surface area contributed by atoms with Gasteiger partial charge in [-0.3, -0.25) is 0 Å². The molecule has 3 heteroatoms. The number of fused-ring (bicyclic) bond motifs is 3. The predicted molar refractivity (Wildman–Crippen MR) is 64.4 cm³/mol. The minimum atomic E-state index is 0.914. The van der Waals surface area contributed by atoms with Crippen LogP contribution in [-0.2, 0) is 6.54 Å². The van der Waals surface area contributed by atoms with E-state index >= 15 is 0 Å². The van der Waals surface area contributed by atoms with E-state index in [0.29, 0.717) is 0 Å². The van der Waals surface area contributed by atoms with Crippen molar-refractivity contribution in [3.63, 3.8) is 0 Å². The first-order chi connectivity index (χ1) is 7.27. The van der Waals surface area contributed by atoms with Crippen LogP contribution in [-0.4, -0.2) is 4.98 Å². The molecule has 2 nitrogen and oxygen atoms in total. The molecule has 1 N–H and O–H groups in total. The number of benzene rings is 1. The zero-order chi connectivity index (χ0) is 10.4. The summed E-state index contributed by atoms with van der Waals surface area (Å²) in [5, 5.41) is 3.48. The van der Waals surface area contributed by atoms with Gasteiger partial charge in [-0.15, -0.1) is 11.3 Å². The van der Waals surface area contributed by atoms with E-state index in [4.69, 9.17) is 0 Å². The van der Waals surface area contributed by atoms with E-state index in [2.05, 4.69) is 36.3 Å². The minimum absolute atomic E-state index is 0.914. The maximum Gasteiger partial charge on any atom is 0.0882 e.